The maximum atomic E-state index is 12.7. The number of rotatable bonds is 4. The molecule has 0 unspecified atom stereocenters. The molecule has 0 N–H and O–H groups in total. The molecule has 6 heteroatoms. The highest BCUT2D eigenvalue weighted by molar-refractivity contribution is 7.88. The Morgan fingerprint density at radius 1 is 1.26 bits per heavy atom. The number of benzene rings is 1. The minimum Gasteiger partial charge on any atom is -0.339 e. The Kier molecular flexibility index (Phi) is 5.47. The number of carbonyl (C=O) groups excluding carboxylic acids is 1. The third-order valence-corrected chi connectivity index (χ3v) is 5.92. The Morgan fingerprint density at radius 3 is 2.35 bits per heavy atom. The Bertz CT molecular complexity index is 677. The summed E-state index contributed by atoms with van der Waals surface area (Å²) in [5.41, 5.74) is 2.87. The molecule has 1 aromatic rings. The highest BCUT2D eigenvalue weighted by Crippen LogP contribution is 2.21. The molecule has 128 valence electrons. The number of sulfonamides is 1. The molecule has 5 nitrogen and oxygen atoms in total. The van der Waals surface area contributed by atoms with E-state index in [9.17, 15) is 13.2 Å². The molecule has 0 aromatic heterocycles. The number of hydrogen-bond acceptors (Lipinski definition) is 3. The van der Waals surface area contributed by atoms with E-state index in [-0.39, 0.29) is 11.9 Å². The van der Waals surface area contributed by atoms with Crippen LogP contribution >= 0.6 is 0 Å². The fourth-order valence-corrected chi connectivity index (χ4v) is 4.57. The second kappa shape index (κ2) is 7.01. The van der Waals surface area contributed by atoms with Gasteiger partial charge in [0.25, 0.3) is 5.91 Å². The average molecular weight is 338 g/mol. The lowest BCUT2D eigenvalue weighted by Crippen LogP contribution is -2.48. The molecule has 0 saturated carbocycles. The summed E-state index contributed by atoms with van der Waals surface area (Å²) in [5.74, 6) is 0.0448. The number of nitrogens with zero attached hydrogens (tertiary/aromatic N) is 2. The molecule has 0 radical (unpaired) electrons. The molecule has 23 heavy (non-hydrogen) atoms. The first-order valence-corrected chi connectivity index (χ1v) is 9.92. The fourth-order valence-electron chi connectivity index (χ4n) is 3.34. The van der Waals surface area contributed by atoms with E-state index >= 15 is 0 Å². The molecule has 1 aromatic carbocycles. The van der Waals surface area contributed by atoms with Crippen LogP contribution in [0.1, 0.15) is 41.3 Å². The SMILES string of the molecule is CCN(C1CCN(C(=O)c2ccc(C)cc2C)CC1)S(C)(=O)=O. The number of likely N-dealkylation sites (tertiary alicyclic amines) is 1. The summed E-state index contributed by atoms with van der Waals surface area (Å²) < 4.78 is 25.2. The standard InChI is InChI=1S/C17H26N2O3S/c1-5-19(23(4,21)22)15-8-10-18(11-9-15)17(20)16-7-6-13(2)12-14(16)3/h6-7,12,15H,5,8-11H2,1-4H3. The molecule has 1 saturated heterocycles. The van der Waals surface area contributed by atoms with Crippen molar-refractivity contribution >= 4 is 15.9 Å². The summed E-state index contributed by atoms with van der Waals surface area (Å²) in [5, 5.41) is 0. The van der Waals surface area contributed by atoms with Gasteiger partial charge in [-0.3, -0.25) is 4.79 Å². The van der Waals surface area contributed by atoms with Gasteiger partial charge in [0.15, 0.2) is 0 Å². The van der Waals surface area contributed by atoms with Gasteiger partial charge in [-0.25, -0.2) is 8.42 Å². The predicted molar refractivity (Wildman–Crippen MR) is 92.1 cm³/mol. The quantitative estimate of drug-likeness (QED) is 0.845. The molecule has 1 amide bonds. The van der Waals surface area contributed by atoms with Crippen LogP contribution in [0.2, 0.25) is 0 Å². The second-order valence-corrected chi connectivity index (χ2v) is 8.24. The highest BCUT2D eigenvalue weighted by atomic mass is 32.2. The first-order chi connectivity index (χ1) is 10.7. The minimum atomic E-state index is -3.19. The van der Waals surface area contributed by atoms with Crippen molar-refractivity contribution in [2.45, 2.75) is 39.7 Å². The van der Waals surface area contributed by atoms with E-state index in [4.69, 9.17) is 0 Å². The zero-order valence-corrected chi connectivity index (χ0v) is 15.2. The van der Waals surface area contributed by atoms with Gasteiger partial charge in [-0.1, -0.05) is 24.6 Å². The van der Waals surface area contributed by atoms with E-state index in [1.807, 2.05) is 43.9 Å². The Hall–Kier alpha value is -1.40. The van der Waals surface area contributed by atoms with E-state index < -0.39 is 10.0 Å². The number of aryl methyl sites for hydroxylation is 2. The van der Waals surface area contributed by atoms with Crippen molar-refractivity contribution in [3.63, 3.8) is 0 Å². The van der Waals surface area contributed by atoms with Crippen molar-refractivity contribution in [1.82, 2.24) is 9.21 Å². The highest BCUT2D eigenvalue weighted by Gasteiger charge is 2.31. The van der Waals surface area contributed by atoms with Crippen molar-refractivity contribution < 1.29 is 13.2 Å². The zero-order valence-electron chi connectivity index (χ0n) is 14.4. The van der Waals surface area contributed by atoms with Crippen LogP contribution in [0.5, 0.6) is 0 Å². The first kappa shape index (κ1) is 17.9. The van der Waals surface area contributed by atoms with Crippen LogP contribution in [0.3, 0.4) is 0 Å². The number of hydrogen-bond donors (Lipinski definition) is 0. The van der Waals surface area contributed by atoms with Crippen molar-refractivity contribution in [2.75, 3.05) is 25.9 Å². The van der Waals surface area contributed by atoms with Crippen molar-refractivity contribution in [2.24, 2.45) is 0 Å². The summed E-state index contributed by atoms with van der Waals surface area (Å²) in [6, 6.07) is 5.85. The second-order valence-electron chi connectivity index (χ2n) is 6.31. The monoisotopic (exact) mass is 338 g/mol. The van der Waals surface area contributed by atoms with Gasteiger partial charge in [-0.05, 0) is 38.3 Å². The normalized spacial score (nSPS) is 16.8. The lowest BCUT2D eigenvalue weighted by molar-refractivity contribution is 0.0680. The van der Waals surface area contributed by atoms with Gasteiger partial charge in [0, 0.05) is 31.2 Å². The molecule has 0 spiro atoms. The van der Waals surface area contributed by atoms with Crippen molar-refractivity contribution in [3.05, 3.63) is 34.9 Å². The molecular weight excluding hydrogens is 312 g/mol. The summed E-state index contributed by atoms with van der Waals surface area (Å²) >= 11 is 0. The lowest BCUT2D eigenvalue weighted by Gasteiger charge is -2.37. The topological polar surface area (TPSA) is 57.7 Å². The lowest BCUT2D eigenvalue weighted by atomic mass is 10.0. The molecule has 1 aliphatic heterocycles. The van der Waals surface area contributed by atoms with Gasteiger partial charge in [0.05, 0.1) is 6.26 Å². The van der Waals surface area contributed by atoms with Crippen LogP contribution in [0.15, 0.2) is 18.2 Å². The fraction of sp³-hybridized carbons (Fsp3) is 0.588. The smallest absolute Gasteiger partial charge is 0.254 e. The van der Waals surface area contributed by atoms with Gasteiger partial charge in [-0.2, -0.15) is 4.31 Å². The number of carbonyl (C=O) groups is 1. The van der Waals surface area contributed by atoms with Crippen LogP contribution < -0.4 is 0 Å². The van der Waals surface area contributed by atoms with Gasteiger partial charge >= 0.3 is 0 Å². The van der Waals surface area contributed by atoms with Crippen LogP contribution in [0, 0.1) is 13.8 Å². The molecular formula is C17H26N2O3S. The molecule has 0 atom stereocenters. The van der Waals surface area contributed by atoms with Crippen molar-refractivity contribution in [3.8, 4) is 0 Å². The Balaban J connectivity index is 2.05. The molecule has 2 rings (SSSR count). The molecule has 1 heterocycles. The van der Waals surface area contributed by atoms with E-state index in [0.717, 1.165) is 16.7 Å². The molecule has 1 aliphatic rings. The summed E-state index contributed by atoms with van der Waals surface area (Å²) in [6.45, 7) is 7.50. The van der Waals surface area contributed by atoms with E-state index in [0.29, 0.717) is 32.5 Å². The zero-order chi connectivity index (χ0) is 17.2. The van der Waals surface area contributed by atoms with Crippen LogP contribution in [-0.4, -0.2) is 55.5 Å². The Morgan fingerprint density at radius 2 is 1.87 bits per heavy atom. The summed E-state index contributed by atoms with van der Waals surface area (Å²) in [4.78, 5) is 14.5. The van der Waals surface area contributed by atoms with Gasteiger partial charge in [0.1, 0.15) is 0 Å². The predicted octanol–water partition coefficient (Wildman–Crippen LogP) is 2.19. The van der Waals surface area contributed by atoms with Crippen molar-refractivity contribution in [1.29, 1.82) is 0 Å². The number of piperidine rings is 1. The molecule has 1 fully saturated rings. The third-order valence-electron chi connectivity index (χ3n) is 4.51. The maximum Gasteiger partial charge on any atom is 0.254 e. The van der Waals surface area contributed by atoms with E-state index in [1.165, 1.54) is 6.26 Å². The van der Waals surface area contributed by atoms with Crippen LogP contribution in [0.25, 0.3) is 0 Å². The number of amides is 1. The molecule has 0 aliphatic carbocycles. The minimum absolute atomic E-state index is 0.00170. The van der Waals surface area contributed by atoms with Crippen LogP contribution in [-0.2, 0) is 10.0 Å². The summed E-state index contributed by atoms with van der Waals surface area (Å²) in [6.07, 6.45) is 2.64. The first-order valence-electron chi connectivity index (χ1n) is 8.07. The van der Waals surface area contributed by atoms with Gasteiger partial charge in [0.2, 0.25) is 10.0 Å². The van der Waals surface area contributed by atoms with Crippen LogP contribution in [0.4, 0.5) is 0 Å². The summed E-state index contributed by atoms with van der Waals surface area (Å²) in [7, 11) is -3.19. The van der Waals surface area contributed by atoms with Gasteiger partial charge in [-0.15, -0.1) is 0 Å². The van der Waals surface area contributed by atoms with E-state index in [1.54, 1.807) is 4.31 Å². The van der Waals surface area contributed by atoms with Gasteiger partial charge < -0.3 is 4.90 Å². The third kappa shape index (κ3) is 4.12. The maximum absolute atomic E-state index is 12.7. The Labute approximate surface area is 139 Å². The largest absolute Gasteiger partial charge is 0.339 e. The van der Waals surface area contributed by atoms with E-state index in [2.05, 4.69) is 0 Å². The average Bonchev–Trinajstić information content (AvgIpc) is 2.46. The molecule has 0 bridgehead atoms.